The van der Waals surface area contributed by atoms with Gasteiger partial charge in [0.05, 0.1) is 17.7 Å². The molecule has 17 heavy (non-hydrogen) atoms. The number of thioether (sulfide) groups is 1. The summed E-state index contributed by atoms with van der Waals surface area (Å²) in [6.07, 6.45) is 1.66. The van der Waals surface area contributed by atoms with Gasteiger partial charge in [0.15, 0.2) is 11.0 Å². The number of furan rings is 1. The largest absolute Gasteiger partial charge is 0.468 e. The Morgan fingerprint density at radius 3 is 2.88 bits per heavy atom. The average Bonchev–Trinajstić information content (AvgIpc) is 2.99. The lowest BCUT2D eigenvalue weighted by atomic mass is 10.3. The quantitative estimate of drug-likeness (QED) is 0.566. The van der Waals surface area contributed by atoms with Gasteiger partial charge in [-0.1, -0.05) is 0 Å². The van der Waals surface area contributed by atoms with Gasteiger partial charge in [-0.3, -0.25) is 0 Å². The summed E-state index contributed by atoms with van der Waals surface area (Å²) in [5.74, 6) is 1.65. The number of benzene rings is 1. The molecule has 0 radical (unpaired) electrons. The van der Waals surface area contributed by atoms with Crippen molar-refractivity contribution in [2.45, 2.75) is 10.6 Å². The maximum Gasteiger partial charge on any atom is 0.159 e. The minimum Gasteiger partial charge on any atom is -0.468 e. The highest BCUT2D eigenvalue weighted by atomic mass is 32.2. The number of hydrogen-bond acceptors (Lipinski definition) is 6. The first-order valence-corrected chi connectivity index (χ1v) is 5.99. The Hall–Kier alpha value is -1.95. The molecule has 0 saturated heterocycles. The van der Waals surface area contributed by atoms with E-state index in [-0.39, 0.29) is 0 Å². The molecule has 0 fully saturated rings. The van der Waals surface area contributed by atoms with Crippen LogP contribution in [-0.4, -0.2) is 10.3 Å². The smallest absolute Gasteiger partial charge is 0.159 e. The van der Waals surface area contributed by atoms with E-state index in [0.29, 0.717) is 16.7 Å². The zero-order chi connectivity index (χ0) is 11.7. The molecule has 2 heterocycles. The molecule has 1 aromatic carbocycles. The Bertz CT molecular complexity index is 633. The summed E-state index contributed by atoms with van der Waals surface area (Å²) in [4.78, 5) is 0.979. The standard InChI is InChI=1S/C11H9N3O2S/c12-8-3-4-9(11-10(8)13-16-14-11)17-6-7-2-1-5-15-7/h1-5H,6,12H2. The lowest BCUT2D eigenvalue weighted by Gasteiger charge is -2.00. The number of nitrogens with two attached hydrogens (primary N) is 1. The van der Waals surface area contributed by atoms with Gasteiger partial charge in [-0.15, -0.1) is 11.8 Å². The zero-order valence-electron chi connectivity index (χ0n) is 8.79. The van der Waals surface area contributed by atoms with Gasteiger partial charge in [-0.05, 0) is 34.6 Å². The van der Waals surface area contributed by atoms with E-state index in [1.807, 2.05) is 18.2 Å². The lowest BCUT2D eigenvalue weighted by Crippen LogP contribution is -1.87. The molecule has 5 nitrogen and oxygen atoms in total. The highest BCUT2D eigenvalue weighted by Crippen LogP contribution is 2.31. The average molecular weight is 247 g/mol. The van der Waals surface area contributed by atoms with Crippen LogP contribution in [0.4, 0.5) is 5.69 Å². The number of fused-ring (bicyclic) bond motifs is 1. The number of aromatic nitrogens is 2. The third-order valence-electron chi connectivity index (χ3n) is 2.36. The number of rotatable bonds is 3. The summed E-state index contributed by atoms with van der Waals surface area (Å²) in [6, 6.07) is 7.52. The Kier molecular flexibility index (Phi) is 2.49. The van der Waals surface area contributed by atoms with E-state index in [1.165, 1.54) is 0 Å². The molecule has 0 amide bonds. The second kappa shape index (κ2) is 4.14. The van der Waals surface area contributed by atoms with E-state index in [9.17, 15) is 0 Å². The monoisotopic (exact) mass is 247 g/mol. The third kappa shape index (κ3) is 1.87. The maximum atomic E-state index is 5.77. The minimum absolute atomic E-state index is 0.573. The first-order chi connectivity index (χ1) is 8.34. The molecule has 0 spiro atoms. The van der Waals surface area contributed by atoms with Gasteiger partial charge in [0, 0.05) is 4.90 Å². The molecule has 2 aromatic heterocycles. The predicted octanol–water partition coefficient (Wildman–Crippen LogP) is 2.69. The van der Waals surface area contributed by atoms with Crippen molar-refractivity contribution in [2.24, 2.45) is 0 Å². The van der Waals surface area contributed by atoms with Crippen LogP contribution in [0.1, 0.15) is 5.76 Å². The molecule has 0 aliphatic carbocycles. The Labute approximate surface area is 101 Å². The van der Waals surface area contributed by atoms with Crippen molar-refractivity contribution in [3.8, 4) is 0 Å². The molecule has 0 unspecified atom stereocenters. The SMILES string of the molecule is Nc1ccc(SCc2ccco2)c2nonc12. The van der Waals surface area contributed by atoms with Gasteiger partial charge in [0.25, 0.3) is 0 Å². The van der Waals surface area contributed by atoms with Gasteiger partial charge in [0.2, 0.25) is 0 Å². The molecule has 3 rings (SSSR count). The van der Waals surface area contributed by atoms with Crippen molar-refractivity contribution in [2.75, 3.05) is 5.73 Å². The number of nitrogen functional groups attached to an aromatic ring is 1. The van der Waals surface area contributed by atoms with Gasteiger partial charge in [-0.25, -0.2) is 4.63 Å². The second-order valence-electron chi connectivity index (χ2n) is 3.48. The molecular formula is C11H9N3O2S. The van der Waals surface area contributed by atoms with E-state index in [4.69, 9.17) is 14.8 Å². The summed E-state index contributed by atoms with van der Waals surface area (Å²) in [5.41, 5.74) is 7.64. The molecule has 6 heteroatoms. The van der Waals surface area contributed by atoms with Crippen molar-refractivity contribution >= 4 is 28.5 Å². The molecular weight excluding hydrogens is 238 g/mol. The number of hydrogen-bond donors (Lipinski definition) is 1. The van der Waals surface area contributed by atoms with Crippen LogP contribution in [0.5, 0.6) is 0 Å². The fourth-order valence-corrected chi connectivity index (χ4v) is 2.42. The Morgan fingerprint density at radius 2 is 2.06 bits per heavy atom. The summed E-state index contributed by atoms with van der Waals surface area (Å²) in [5, 5.41) is 7.64. The van der Waals surface area contributed by atoms with Crippen LogP contribution in [0, 0.1) is 0 Å². The first-order valence-electron chi connectivity index (χ1n) is 5.00. The van der Waals surface area contributed by atoms with Crippen molar-refractivity contribution in [1.29, 1.82) is 0 Å². The van der Waals surface area contributed by atoms with Crippen LogP contribution < -0.4 is 5.73 Å². The van der Waals surface area contributed by atoms with Gasteiger partial charge < -0.3 is 10.2 Å². The fourth-order valence-electron chi connectivity index (χ4n) is 1.52. The van der Waals surface area contributed by atoms with Crippen LogP contribution in [0.2, 0.25) is 0 Å². The predicted molar refractivity (Wildman–Crippen MR) is 64.5 cm³/mol. The zero-order valence-corrected chi connectivity index (χ0v) is 9.61. The lowest BCUT2D eigenvalue weighted by molar-refractivity contribution is 0.315. The number of nitrogens with zero attached hydrogens (tertiary/aromatic N) is 2. The molecule has 86 valence electrons. The van der Waals surface area contributed by atoms with Crippen LogP contribution in [0.3, 0.4) is 0 Å². The van der Waals surface area contributed by atoms with E-state index < -0.39 is 0 Å². The molecule has 0 atom stereocenters. The molecule has 0 bridgehead atoms. The molecule has 3 aromatic rings. The normalized spacial score (nSPS) is 11.1. The van der Waals surface area contributed by atoms with Crippen LogP contribution in [0.15, 0.2) is 44.5 Å². The summed E-state index contributed by atoms with van der Waals surface area (Å²) in [7, 11) is 0. The molecule has 0 saturated carbocycles. The maximum absolute atomic E-state index is 5.77. The van der Waals surface area contributed by atoms with Crippen molar-refractivity contribution in [3.63, 3.8) is 0 Å². The van der Waals surface area contributed by atoms with Crippen molar-refractivity contribution < 1.29 is 9.05 Å². The van der Waals surface area contributed by atoms with Gasteiger partial charge in [0.1, 0.15) is 5.76 Å². The van der Waals surface area contributed by atoms with Gasteiger partial charge >= 0.3 is 0 Å². The van der Waals surface area contributed by atoms with E-state index >= 15 is 0 Å². The summed E-state index contributed by atoms with van der Waals surface area (Å²) >= 11 is 1.61. The Balaban J connectivity index is 1.90. The Morgan fingerprint density at radius 1 is 1.18 bits per heavy atom. The van der Waals surface area contributed by atoms with Crippen LogP contribution >= 0.6 is 11.8 Å². The summed E-state index contributed by atoms with van der Waals surface area (Å²) < 4.78 is 9.97. The van der Waals surface area contributed by atoms with Crippen molar-refractivity contribution in [1.82, 2.24) is 10.3 Å². The van der Waals surface area contributed by atoms with Crippen molar-refractivity contribution in [3.05, 3.63) is 36.3 Å². The van der Waals surface area contributed by atoms with E-state index in [0.717, 1.165) is 16.4 Å². The summed E-state index contributed by atoms with van der Waals surface area (Å²) in [6.45, 7) is 0. The highest BCUT2D eigenvalue weighted by Gasteiger charge is 2.10. The molecule has 0 aliphatic rings. The van der Waals surface area contributed by atoms with E-state index in [1.54, 1.807) is 24.1 Å². The first kappa shape index (κ1) is 10.2. The van der Waals surface area contributed by atoms with Crippen LogP contribution in [0.25, 0.3) is 11.0 Å². The van der Waals surface area contributed by atoms with Crippen LogP contribution in [-0.2, 0) is 5.75 Å². The van der Waals surface area contributed by atoms with Gasteiger partial charge in [-0.2, -0.15) is 0 Å². The highest BCUT2D eigenvalue weighted by molar-refractivity contribution is 7.98. The fraction of sp³-hybridized carbons (Fsp3) is 0.0909. The third-order valence-corrected chi connectivity index (χ3v) is 3.43. The minimum atomic E-state index is 0.573. The topological polar surface area (TPSA) is 78.1 Å². The molecule has 0 aliphatic heterocycles. The number of anilines is 1. The molecule has 2 N–H and O–H groups in total. The van der Waals surface area contributed by atoms with E-state index in [2.05, 4.69) is 10.3 Å². The second-order valence-corrected chi connectivity index (χ2v) is 4.50.